The fourth-order valence-electron chi connectivity index (χ4n) is 3.39. The van der Waals surface area contributed by atoms with Gasteiger partial charge < -0.3 is 14.8 Å². The van der Waals surface area contributed by atoms with Crippen molar-refractivity contribution < 1.29 is 14.3 Å². The van der Waals surface area contributed by atoms with Crippen molar-refractivity contribution in [3.63, 3.8) is 0 Å². The second-order valence-electron chi connectivity index (χ2n) is 6.99. The average molecular weight is 404 g/mol. The predicted molar refractivity (Wildman–Crippen MR) is 120 cm³/mol. The molecule has 1 atom stereocenters. The Labute approximate surface area is 178 Å². The second-order valence-corrected chi connectivity index (χ2v) is 6.99. The summed E-state index contributed by atoms with van der Waals surface area (Å²) in [6.07, 6.45) is 1.64. The van der Waals surface area contributed by atoms with Crippen LogP contribution in [0.25, 0.3) is 0 Å². The summed E-state index contributed by atoms with van der Waals surface area (Å²) >= 11 is 0. The summed E-state index contributed by atoms with van der Waals surface area (Å²) in [5, 5.41) is 3.21. The van der Waals surface area contributed by atoms with Crippen molar-refractivity contribution in [3.8, 4) is 11.5 Å². The minimum atomic E-state index is -0.146. The molecule has 0 saturated carbocycles. The summed E-state index contributed by atoms with van der Waals surface area (Å²) in [6.45, 7) is 5.02. The largest absolute Gasteiger partial charge is 0.490 e. The smallest absolute Gasteiger partial charge is 0.251 e. The molecule has 4 heteroatoms. The molecule has 0 aliphatic rings. The van der Waals surface area contributed by atoms with E-state index in [0.717, 1.165) is 24.2 Å². The van der Waals surface area contributed by atoms with E-state index in [9.17, 15) is 4.79 Å². The first kappa shape index (κ1) is 21.4. The molecule has 4 nitrogen and oxygen atoms in total. The predicted octanol–water partition coefficient (Wildman–Crippen LogP) is 5.59. The van der Waals surface area contributed by atoms with Crippen molar-refractivity contribution in [2.75, 3.05) is 13.2 Å². The van der Waals surface area contributed by atoms with E-state index in [2.05, 4.69) is 17.4 Å². The maximum atomic E-state index is 12.9. The van der Waals surface area contributed by atoms with Crippen molar-refractivity contribution in [1.82, 2.24) is 5.32 Å². The van der Waals surface area contributed by atoms with Gasteiger partial charge >= 0.3 is 0 Å². The standard InChI is InChI=1S/C26H29NO3/c1-3-29-24-18-16-22(19-25(24)30-4-2)23(17-15-20-11-7-5-8-12-20)27-26(28)21-13-9-6-10-14-21/h5-14,16,18-19,23H,3-4,15,17H2,1-2H3,(H,27,28)/t23-/m1/s1. The van der Waals surface area contributed by atoms with Crippen molar-refractivity contribution >= 4 is 5.91 Å². The summed E-state index contributed by atoms with van der Waals surface area (Å²) in [4.78, 5) is 12.9. The van der Waals surface area contributed by atoms with Gasteiger partial charge in [-0.15, -0.1) is 0 Å². The van der Waals surface area contributed by atoms with E-state index in [0.29, 0.717) is 24.5 Å². The van der Waals surface area contributed by atoms with Gasteiger partial charge in [0.2, 0.25) is 0 Å². The van der Waals surface area contributed by atoms with E-state index in [1.165, 1.54) is 5.56 Å². The lowest BCUT2D eigenvalue weighted by atomic mass is 9.98. The van der Waals surface area contributed by atoms with Crippen LogP contribution < -0.4 is 14.8 Å². The molecule has 30 heavy (non-hydrogen) atoms. The van der Waals surface area contributed by atoms with E-state index in [1.807, 2.05) is 80.6 Å². The Morgan fingerprint density at radius 2 is 1.47 bits per heavy atom. The van der Waals surface area contributed by atoms with Crippen molar-refractivity contribution in [2.45, 2.75) is 32.7 Å². The fourth-order valence-corrected chi connectivity index (χ4v) is 3.39. The van der Waals surface area contributed by atoms with Crippen LogP contribution in [0.1, 0.15) is 47.8 Å². The van der Waals surface area contributed by atoms with Crippen molar-refractivity contribution in [1.29, 1.82) is 0 Å². The quantitative estimate of drug-likeness (QED) is 0.480. The van der Waals surface area contributed by atoms with Crippen molar-refractivity contribution in [2.24, 2.45) is 0 Å². The molecule has 0 radical (unpaired) electrons. The Kier molecular flexibility index (Phi) is 7.90. The van der Waals surface area contributed by atoms with E-state index in [-0.39, 0.29) is 11.9 Å². The highest BCUT2D eigenvalue weighted by atomic mass is 16.5. The zero-order chi connectivity index (χ0) is 21.2. The summed E-state index contributed by atoms with van der Waals surface area (Å²) in [7, 11) is 0. The van der Waals surface area contributed by atoms with Gasteiger partial charge in [-0.2, -0.15) is 0 Å². The first-order chi connectivity index (χ1) is 14.7. The van der Waals surface area contributed by atoms with Crippen LogP contribution in [-0.4, -0.2) is 19.1 Å². The zero-order valence-corrected chi connectivity index (χ0v) is 17.6. The molecule has 0 heterocycles. The Balaban J connectivity index is 1.85. The third-order valence-electron chi connectivity index (χ3n) is 4.88. The molecule has 3 aromatic rings. The first-order valence-electron chi connectivity index (χ1n) is 10.5. The summed E-state index contributed by atoms with van der Waals surface area (Å²) in [6, 6.07) is 25.4. The number of aryl methyl sites for hydroxylation is 1. The maximum absolute atomic E-state index is 12.9. The average Bonchev–Trinajstić information content (AvgIpc) is 2.79. The summed E-state index contributed by atoms with van der Waals surface area (Å²) in [5.74, 6) is 1.34. The van der Waals surface area contributed by atoms with Crippen LogP contribution in [0.5, 0.6) is 11.5 Å². The molecule has 3 rings (SSSR count). The summed E-state index contributed by atoms with van der Waals surface area (Å²) in [5.41, 5.74) is 2.90. The molecule has 156 valence electrons. The van der Waals surface area contributed by atoms with Gasteiger partial charge in [-0.3, -0.25) is 4.79 Å². The van der Waals surface area contributed by atoms with Crippen LogP contribution in [0.3, 0.4) is 0 Å². The fraction of sp³-hybridized carbons (Fsp3) is 0.269. The molecule has 1 amide bonds. The SMILES string of the molecule is CCOc1ccc([C@@H](CCc2ccccc2)NC(=O)c2ccccc2)cc1OCC. The number of nitrogens with one attached hydrogen (secondary N) is 1. The Morgan fingerprint density at radius 3 is 2.13 bits per heavy atom. The van der Waals surface area contributed by atoms with E-state index in [1.54, 1.807) is 0 Å². The molecule has 0 aliphatic carbocycles. The van der Waals surface area contributed by atoms with Crippen LogP contribution in [0, 0.1) is 0 Å². The molecule has 0 fully saturated rings. The molecule has 0 spiro atoms. The van der Waals surface area contributed by atoms with Crippen LogP contribution in [0.4, 0.5) is 0 Å². The van der Waals surface area contributed by atoms with Gasteiger partial charge in [0.1, 0.15) is 0 Å². The lowest BCUT2D eigenvalue weighted by Crippen LogP contribution is -2.29. The minimum Gasteiger partial charge on any atom is -0.490 e. The lowest BCUT2D eigenvalue weighted by Gasteiger charge is -2.21. The monoisotopic (exact) mass is 403 g/mol. The van der Waals surface area contributed by atoms with Gasteiger partial charge in [0.05, 0.1) is 19.3 Å². The Morgan fingerprint density at radius 1 is 0.833 bits per heavy atom. The highest BCUT2D eigenvalue weighted by Crippen LogP contribution is 2.32. The molecule has 0 aliphatic heterocycles. The van der Waals surface area contributed by atoms with Gasteiger partial charge in [-0.1, -0.05) is 54.6 Å². The third kappa shape index (κ3) is 5.86. The lowest BCUT2D eigenvalue weighted by molar-refractivity contribution is 0.0934. The number of rotatable bonds is 10. The molecule has 0 saturated heterocycles. The Hall–Kier alpha value is -3.27. The van der Waals surface area contributed by atoms with Crippen LogP contribution in [-0.2, 0) is 6.42 Å². The van der Waals surface area contributed by atoms with Crippen molar-refractivity contribution in [3.05, 3.63) is 95.6 Å². The van der Waals surface area contributed by atoms with E-state index in [4.69, 9.17) is 9.47 Å². The number of carbonyl (C=O) groups excluding carboxylic acids is 1. The third-order valence-corrected chi connectivity index (χ3v) is 4.88. The number of hydrogen-bond acceptors (Lipinski definition) is 3. The number of benzene rings is 3. The number of carbonyl (C=O) groups is 1. The topological polar surface area (TPSA) is 47.6 Å². The van der Waals surface area contributed by atoms with Crippen LogP contribution in [0.2, 0.25) is 0 Å². The van der Waals surface area contributed by atoms with Gasteiger partial charge in [-0.25, -0.2) is 0 Å². The van der Waals surface area contributed by atoms with E-state index < -0.39 is 0 Å². The summed E-state index contributed by atoms with van der Waals surface area (Å²) < 4.78 is 11.5. The number of ether oxygens (including phenoxy) is 2. The molecule has 1 N–H and O–H groups in total. The van der Waals surface area contributed by atoms with Gasteiger partial charge in [0, 0.05) is 5.56 Å². The highest BCUT2D eigenvalue weighted by molar-refractivity contribution is 5.94. The van der Waals surface area contributed by atoms with Crippen LogP contribution in [0.15, 0.2) is 78.9 Å². The van der Waals surface area contributed by atoms with Gasteiger partial charge in [0.15, 0.2) is 11.5 Å². The van der Waals surface area contributed by atoms with Gasteiger partial charge in [0.25, 0.3) is 5.91 Å². The number of hydrogen-bond donors (Lipinski definition) is 1. The Bertz CT molecular complexity index is 926. The second kappa shape index (κ2) is 11.1. The highest BCUT2D eigenvalue weighted by Gasteiger charge is 2.18. The molecule has 0 unspecified atom stereocenters. The zero-order valence-electron chi connectivity index (χ0n) is 17.6. The molecule has 0 aromatic heterocycles. The van der Waals surface area contributed by atoms with E-state index >= 15 is 0 Å². The molecule has 0 bridgehead atoms. The minimum absolute atomic E-state index is 0.0829. The molecular formula is C26H29NO3. The normalized spacial score (nSPS) is 11.5. The molecular weight excluding hydrogens is 374 g/mol. The number of amides is 1. The van der Waals surface area contributed by atoms with Crippen LogP contribution >= 0.6 is 0 Å². The maximum Gasteiger partial charge on any atom is 0.251 e. The van der Waals surface area contributed by atoms with Gasteiger partial charge in [-0.05, 0) is 62.1 Å². The molecule has 3 aromatic carbocycles. The first-order valence-corrected chi connectivity index (χ1v) is 10.5.